The van der Waals surface area contributed by atoms with Gasteiger partial charge in [-0.1, -0.05) is 29.5 Å². The molecule has 3 aromatic rings. The Kier molecular flexibility index (Phi) is 8.43. The molecule has 1 aliphatic rings. The first-order chi connectivity index (χ1) is 14.6. The number of carbonyl (C=O) groups is 1. The highest BCUT2D eigenvalue weighted by Gasteiger charge is 2.22. The Morgan fingerprint density at radius 1 is 1.13 bits per heavy atom. The lowest BCUT2D eigenvalue weighted by Gasteiger charge is -2.21. The van der Waals surface area contributed by atoms with Crippen LogP contribution in [-0.4, -0.2) is 55.5 Å². The Hall–Kier alpha value is -2.00. The number of benzene rings is 2. The molecule has 4 rings (SSSR count). The molecule has 31 heavy (non-hydrogen) atoms. The average molecular weight is 479 g/mol. The van der Waals surface area contributed by atoms with Crippen LogP contribution in [0.5, 0.6) is 11.5 Å². The minimum absolute atomic E-state index is 0. The zero-order valence-corrected chi connectivity index (χ0v) is 19.9. The maximum absolute atomic E-state index is 13.1. The molecule has 0 N–H and O–H groups in total. The number of ether oxygens (including phenoxy) is 2. The molecule has 1 amide bonds. The highest BCUT2D eigenvalue weighted by molar-refractivity contribution is 7.99. The maximum atomic E-state index is 13.1. The molecule has 9 heteroatoms. The molecular weight excluding hydrogens is 454 g/mol. The summed E-state index contributed by atoms with van der Waals surface area (Å²) in [4.78, 5) is 23.0. The number of thiazole rings is 1. The summed E-state index contributed by atoms with van der Waals surface area (Å²) < 4.78 is 11.9. The number of hydrogen-bond acceptors (Lipinski definition) is 7. The van der Waals surface area contributed by atoms with E-state index >= 15 is 0 Å². The predicted molar refractivity (Wildman–Crippen MR) is 123 cm³/mol. The summed E-state index contributed by atoms with van der Waals surface area (Å²) >= 11 is 3.23. The van der Waals surface area contributed by atoms with Crippen LogP contribution < -0.4 is 26.8 Å². The molecule has 0 saturated heterocycles. The third kappa shape index (κ3) is 6.04. The normalized spacial score (nSPS) is 12.2. The van der Waals surface area contributed by atoms with E-state index in [0.717, 1.165) is 39.8 Å². The molecule has 0 atom stereocenters. The van der Waals surface area contributed by atoms with Crippen LogP contribution in [0, 0.1) is 0 Å². The molecule has 0 bridgehead atoms. The number of hydrogen-bond donors (Lipinski definition) is 0. The van der Waals surface area contributed by atoms with E-state index in [1.165, 1.54) is 16.2 Å². The summed E-state index contributed by atoms with van der Waals surface area (Å²) in [6.07, 6.45) is 1.36. The lowest BCUT2D eigenvalue weighted by atomic mass is 10.3. The standard InChI is InChI=1S/C22H25N3O3S2.ClH/c1-24(2)10-6-11-25(21(26)9-12-29-16-7-4-3-5-8-16)22-23-17-13-18-19(28-15-27-18)14-20(17)30-22;/h3-5,7-8,13-14H,6,9-12,15H2,1-2H3;1H/p-1. The highest BCUT2D eigenvalue weighted by Crippen LogP contribution is 2.40. The Morgan fingerprint density at radius 2 is 1.87 bits per heavy atom. The van der Waals surface area contributed by atoms with Crippen molar-refractivity contribution in [2.75, 3.05) is 44.6 Å². The van der Waals surface area contributed by atoms with Crippen molar-refractivity contribution in [2.24, 2.45) is 0 Å². The molecule has 2 aromatic carbocycles. The van der Waals surface area contributed by atoms with Gasteiger partial charge in [0.15, 0.2) is 16.6 Å². The van der Waals surface area contributed by atoms with Crippen LogP contribution in [0.15, 0.2) is 47.4 Å². The smallest absolute Gasteiger partial charge is 0.231 e. The molecule has 1 aromatic heterocycles. The zero-order chi connectivity index (χ0) is 20.9. The maximum Gasteiger partial charge on any atom is 0.231 e. The van der Waals surface area contributed by atoms with Crippen LogP contribution in [0.2, 0.25) is 0 Å². The van der Waals surface area contributed by atoms with E-state index in [4.69, 9.17) is 14.5 Å². The molecule has 6 nitrogen and oxygen atoms in total. The van der Waals surface area contributed by atoms with Crippen molar-refractivity contribution in [2.45, 2.75) is 17.7 Å². The summed E-state index contributed by atoms with van der Waals surface area (Å²) in [6, 6.07) is 14.0. The first-order valence-corrected chi connectivity index (χ1v) is 11.7. The van der Waals surface area contributed by atoms with Gasteiger partial charge >= 0.3 is 0 Å². The second-order valence-electron chi connectivity index (χ2n) is 7.28. The predicted octanol–water partition coefficient (Wildman–Crippen LogP) is 1.50. The summed E-state index contributed by atoms with van der Waals surface area (Å²) in [6.45, 7) is 1.82. The minimum Gasteiger partial charge on any atom is -1.00 e. The topological polar surface area (TPSA) is 54.9 Å². The van der Waals surface area contributed by atoms with Gasteiger partial charge in [-0.2, -0.15) is 0 Å². The Balaban J connectivity index is 0.00000272. The van der Waals surface area contributed by atoms with Gasteiger partial charge in [-0.05, 0) is 39.2 Å². The van der Waals surface area contributed by atoms with Gasteiger partial charge in [-0.15, -0.1) is 11.8 Å². The summed E-state index contributed by atoms with van der Waals surface area (Å²) in [5.41, 5.74) is 0.836. The van der Waals surface area contributed by atoms with Crippen LogP contribution in [0.25, 0.3) is 10.2 Å². The van der Waals surface area contributed by atoms with E-state index in [9.17, 15) is 4.79 Å². The van der Waals surface area contributed by atoms with Gasteiger partial charge in [0, 0.05) is 35.7 Å². The van der Waals surface area contributed by atoms with Gasteiger partial charge in [0.1, 0.15) is 0 Å². The molecule has 2 heterocycles. The monoisotopic (exact) mass is 478 g/mol. The molecule has 0 aliphatic carbocycles. The molecule has 166 valence electrons. The van der Waals surface area contributed by atoms with Gasteiger partial charge in [-0.3, -0.25) is 9.69 Å². The van der Waals surface area contributed by atoms with Crippen molar-refractivity contribution in [3.8, 4) is 11.5 Å². The molecular formula is C22H25ClN3O3S2-. The lowest BCUT2D eigenvalue weighted by molar-refractivity contribution is -0.118. The number of aromatic nitrogens is 1. The summed E-state index contributed by atoms with van der Waals surface area (Å²) in [5.74, 6) is 2.30. The third-order valence-corrected chi connectivity index (χ3v) is 6.77. The van der Waals surface area contributed by atoms with Crippen LogP contribution in [0.1, 0.15) is 12.8 Å². The van der Waals surface area contributed by atoms with Gasteiger partial charge in [-0.25, -0.2) is 4.98 Å². The quantitative estimate of drug-likeness (QED) is 0.434. The van der Waals surface area contributed by atoms with E-state index in [1.54, 1.807) is 11.8 Å². The number of fused-ring (bicyclic) bond motifs is 2. The van der Waals surface area contributed by atoms with Crippen LogP contribution in [0.4, 0.5) is 5.13 Å². The lowest BCUT2D eigenvalue weighted by Crippen LogP contribution is -3.00. The fourth-order valence-electron chi connectivity index (χ4n) is 3.20. The Morgan fingerprint density at radius 3 is 2.61 bits per heavy atom. The largest absolute Gasteiger partial charge is 1.00 e. The van der Waals surface area contributed by atoms with Crippen molar-refractivity contribution < 1.29 is 26.7 Å². The summed E-state index contributed by atoms with van der Waals surface area (Å²) in [7, 11) is 4.09. The van der Waals surface area contributed by atoms with Crippen LogP contribution in [-0.2, 0) is 4.79 Å². The first-order valence-electron chi connectivity index (χ1n) is 9.93. The molecule has 0 radical (unpaired) electrons. The van der Waals surface area contributed by atoms with Gasteiger partial charge in [0.2, 0.25) is 12.7 Å². The minimum atomic E-state index is 0. The zero-order valence-electron chi connectivity index (χ0n) is 17.5. The number of amides is 1. The van der Waals surface area contributed by atoms with E-state index in [-0.39, 0.29) is 25.1 Å². The number of nitrogens with zero attached hydrogens (tertiary/aromatic N) is 3. The highest BCUT2D eigenvalue weighted by atomic mass is 35.5. The number of rotatable bonds is 9. The van der Waals surface area contributed by atoms with E-state index < -0.39 is 0 Å². The Bertz CT molecular complexity index is 973. The third-order valence-electron chi connectivity index (χ3n) is 4.72. The number of carbonyl (C=O) groups excluding carboxylic acids is 1. The average Bonchev–Trinajstić information content (AvgIpc) is 3.35. The van der Waals surface area contributed by atoms with Crippen molar-refractivity contribution in [3.63, 3.8) is 0 Å². The molecule has 0 fully saturated rings. The molecule has 1 aliphatic heterocycles. The fourth-order valence-corrected chi connectivity index (χ4v) is 5.08. The van der Waals surface area contributed by atoms with Crippen molar-refractivity contribution in [1.82, 2.24) is 9.88 Å². The van der Waals surface area contributed by atoms with E-state index in [1.807, 2.05) is 49.3 Å². The second-order valence-corrected chi connectivity index (χ2v) is 9.46. The Labute approximate surface area is 196 Å². The van der Waals surface area contributed by atoms with Crippen molar-refractivity contribution in [3.05, 3.63) is 42.5 Å². The van der Waals surface area contributed by atoms with Gasteiger partial charge < -0.3 is 26.8 Å². The number of thioether (sulfide) groups is 1. The van der Waals surface area contributed by atoms with Gasteiger partial charge in [0.05, 0.1) is 10.2 Å². The van der Waals surface area contributed by atoms with Crippen LogP contribution in [0.3, 0.4) is 0 Å². The van der Waals surface area contributed by atoms with Crippen molar-refractivity contribution in [1.29, 1.82) is 0 Å². The second kappa shape index (κ2) is 11.0. The number of anilines is 1. The van der Waals surface area contributed by atoms with Crippen LogP contribution >= 0.6 is 23.1 Å². The van der Waals surface area contributed by atoms with E-state index in [2.05, 4.69) is 17.0 Å². The first kappa shape index (κ1) is 23.7. The summed E-state index contributed by atoms with van der Waals surface area (Å²) in [5, 5.41) is 0.738. The molecule has 0 unspecified atom stereocenters. The molecule has 0 saturated carbocycles. The SMILES string of the molecule is CN(C)CCCN(C(=O)CCSc1ccccc1)c1nc2cc3c(cc2s1)OCO3.[Cl-]. The molecule has 0 spiro atoms. The van der Waals surface area contributed by atoms with Crippen molar-refractivity contribution >= 4 is 44.4 Å². The number of halogens is 1. The van der Waals surface area contributed by atoms with E-state index in [0.29, 0.717) is 18.7 Å². The van der Waals surface area contributed by atoms with Gasteiger partial charge in [0.25, 0.3) is 0 Å². The fraction of sp³-hybridized carbons (Fsp3) is 0.364.